The fourth-order valence-corrected chi connectivity index (χ4v) is 3.56. The molecule has 2 bridgehead atoms. The monoisotopic (exact) mass is 314 g/mol. The van der Waals surface area contributed by atoms with Crippen molar-refractivity contribution in [2.45, 2.75) is 12.5 Å². The Kier molecular flexibility index (Phi) is 3.30. The van der Waals surface area contributed by atoms with E-state index < -0.39 is 0 Å². The van der Waals surface area contributed by atoms with Crippen LogP contribution in [0.5, 0.6) is 0 Å². The minimum Gasteiger partial charge on any atom is -0.460 e. The van der Waals surface area contributed by atoms with E-state index in [1.54, 1.807) is 13.1 Å². The number of pyridine rings is 1. The molecule has 7 nitrogen and oxygen atoms in total. The Balaban J connectivity index is 1.58. The number of furan rings is 1. The van der Waals surface area contributed by atoms with Gasteiger partial charge in [-0.1, -0.05) is 0 Å². The second kappa shape index (κ2) is 5.34. The third kappa shape index (κ3) is 2.37. The van der Waals surface area contributed by atoms with Crippen LogP contribution in [0.2, 0.25) is 0 Å². The van der Waals surface area contributed by atoms with E-state index in [4.69, 9.17) is 4.42 Å². The van der Waals surface area contributed by atoms with Crippen LogP contribution in [0.15, 0.2) is 22.9 Å². The molecule has 4 heterocycles. The summed E-state index contributed by atoms with van der Waals surface area (Å²) in [6.07, 6.45) is 4.87. The molecule has 3 atom stereocenters. The molecule has 0 radical (unpaired) electrons. The van der Waals surface area contributed by atoms with Crippen molar-refractivity contribution in [3.8, 4) is 0 Å². The highest BCUT2D eigenvalue weighted by molar-refractivity contribution is 6.01. The molecule has 2 aliphatic rings. The first kappa shape index (κ1) is 14.2. The van der Waals surface area contributed by atoms with Crippen LogP contribution in [0.4, 0.5) is 5.69 Å². The molecule has 2 saturated heterocycles. The molecule has 2 amide bonds. The molecule has 2 aromatic rings. The molecule has 23 heavy (non-hydrogen) atoms. The fraction of sp³-hybridized carbons (Fsp3) is 0.438. The van der Waals surface area contributed by atoms with Crippen molar-refractivity contribution in [3.63, 3.8) is 0 Å². The van der Waals surface area contributed by atoms with Crippen LogP contribution >= 0.6 is 0 Å². The summed E-state index contributed by atoms with van der Waals surface area (Å²) in [5.74, 6) is 0.375. The van der Waals surface area contributed by atoms with Crippen molar-refractivity contribution in [2.75, 3.05) is 31.6 Å². The van der Waals surface area contributed by atoms with Crippen molar-refractivity contribution >= 4 is 29.0 Å². The van der Waals surface area contributed by atoms with Gasteiger partial charge in [0.05, 0.1) is 11.9 Å². The van der Waals surface area contributed by atoms with E-state index in [1.807, 2.05) is 0 Å². The van der Waals surface area contributed by atoms with Gasteiger partial charge in [0.25, 0.3) is 5.91 Å². The number of anilines is 1. The fourth-order valence-electron chi connectivity index (χ4n) is 3.56. The van der Waals surface area contributed by atoms with Gasteiger partial charge in [-0.3, -0.25) is 9.59 Å². The first-order valence-corrected chi connectivity index (χ1v) is 7.74. The normalized spacial score (nSPS) is 25.7. The first-order chi connectivity index (χ1) is 11.2. The number of hydrogen-bond donors (Lipinski definition) is 1. The second-order valence-electron chi connectivity index (χ2n) is 6.29. The van der Waals surface area contributed by atoms with E-state index in [2.05, 4.69) is 15.2 Å². The van der Waals surface area contributed by atoms with Crippen LogP contribution in [0.1, 0.15) is 16.9 Å². The number of carbonyl (C=O) groups is 2. The third-order valence-corrected chi connectivity index (χ3v) is 4.86. The van der Waals surface area contributed by atoms with Gasteiger partial charge in [0.2, 0.25) is 6.41 Å². The van der Waals surface area contributed by atoms with Gasteiger partial charge in [0, 0.05) is 31.6 Å². The maximum absolute atomic E-state index is 12.5. The van der Waals surface area contributed by atoms with Crippen molar-refractivity contribution < 1.29 is 14.0 Å². The predicted molar refractivity (Wildman–Crippen MR) is 84.3 cm³/mol. The molecule has 4 rings (SSSR count). The van der Waals surface area contributed by atoms with Crippen LogP contribution in [0.3, 0.4) is 0 Å². The predicted octanol–water partition coefficient (Wildman–Crippen LogP) is 0.854. The molecule has 0 aliphatic carbocycles. The van der Waals surface area contributed by atoms with Crippen molar-refractivity contribution in [2.24, 2.45) is 5.92 Å². The van der Waals surface area contributed by atoms with Crippen molar-refractivity contribution in [3.05, 3.63) is 24.2 Å². The highest BCUT2D eigenvalue weighted by Gasteiger charge is 2.38. The zero-order valence-electron chi connectivity index (χ0n) is 12.9. The molecule has 2 aliphatic heterocycles. The van der Waals surface area contributed by atoms with Crippen LogP contribution in [0.25, 0.3) is 11.0 Å². The SMILES string of the molecule is CN(C=O)c1coc2cnc(C(=O)NC3CN4CCC3C4)cc12. The number of amides is 2. The Morgan fingerprint density at radius 2 is 2.39 bits per heavy atom. The molecular formula is C16H18N4O3. The van der Waals surface area contributed by atoms with Crippen molar-refractivity contribution in [1.82, 2.24) is 15.2 Å². The largest absolute Gasteiger partial charge is 0.460 e. The number of nitrogens with one attached hydrogen (secondary N) is 1. The number of carbonyl (C=O) groups excluding carboxylic acids is 2. The Labute approximate surface area is 133 Å². The van der Waals surface area contributed by atoms with Gasteiger partial charge in [0.15, 0.2) is 5.58 Å². The third-order valence-electron chi connectivity index (χ3n) is 4.86. The summed E-state index contributed by atoms with van der Waals surface area (Å²) in [7, 11) is 1.64. The van der Waals surface area contributed by atoms with Crippen LogP contribution in [-0.2, 0) is 4.79 Å². The Morgan fingerprint density at radius 3 is 3.09 bits per heavy atom. The van der Waals surface area contributed by atoms with Gasteiger partial charge in [-0.15, -0.1) is 0 Å². The lowest BCUT2D eigenvalue weighted by atomic mass is 10.00. The van der Waals surface area contributed by atoms with Gasteiger partial charge in [0.1, 0.15) is 12.0 Å². The smallest absolute Gasteiger partial charge is 0.270 e. The summed E-state index contributed by atoms with van der Waals surface area (Å²) in [4.78, 5) is 31.4. The van der Waals surface area contributed by atoms with Crippen LogP contribution in [-0.4, -0.2) is 54.9 Å². The highest BCUT2D eigenvalue weighted by Crippen LogP contribution is 2.29. The summed E-state index contributed by atoms with van der Waals surface area (Å²) >= 11 is 0. The number of aromatic nitrogens is 1. The van der Waals surface area contributed by atoms with Gasteiger partial charge in [-0.05, 0) is 24.9 Å². The number of piperidine rings is 1. The summed E-state index contributed by atoms with van der Waals surface area (Å²) in [5, 5.41) is 3.79. The summed E-state index contributed by atoms with van der Waals surface area (Å²) in [6, 6.07) is 1.88. The van der Waals surface area contributed by atoms with Crippen LogP contribution < -0.4 is 10.2 Å². The lowest BCUT2D eigenvalue weighted by molar-refractivity contribution is -0.107. The maximum Gasteiger partial charge on any atom is 0.270 e. The standard InChI is InChI=1S/C16H18N4O3/c1-19(9-21)14-8-23-15-5-17-12(4-11(14)15)16(22)18-13-7-20-3-2-10(13)6-20/h4-5,8-10,13H,2-3,6-7H2,1H3,(H,18,22). The lowest BCUT2D eigenvalue weighted by Gasteiger charge is -2.22. The van der Waals surface area contributed by atoms with Gasteiger partial charge in [-0.2, -0.15) is 0 Å². The molecule has 7 heteroatoms. The van der Waals surface area contributed by atoms with Gasteiger partial charge in [-0.25, -0.2) is 4.98 Å². The average molecular weight is 314 g/mol. The molecule has 2 aromatic heterocycles. The van der Waals surface area contributed by atoms with Crippen molar-refractivity contribution in [1.29, 1.82) is 0 Å². The Morgan fingerprint density at radius 1 is 1.52 bits per heavy atom. The minimum atomic E-state index is -0.174. The second-order valence-corrected chi connectivity index (χ2v) is 6.29. The van der Waals surface area contributed by atoms with E-state index in [0.717, 1.165) is 26.1 Å². The summed E-state index contributed by atoms with van der Waals surface area (Å²) in [5.41, 5.74) is 1.52. The molecule has 120 valence electrons. The van der Waals surface area contributed by atoms with Crippen LogP contribution in [0, 0.1) is 5.92 Å². The number of nitrogens with zero attached hydrogens (tertiary/aromatic N) is 3. The topological polar surface area (TPSA) is 78.7 Å². The first-order valence-electron chi connectivity index (χ1n) is 7.74. The van der Waals surface area contributed by atoms with E-state index >= 15 is 0 Å². The van der Waals surface area contributed by atoms with E-state index in [-0.39, 0.29) is 11.9 Å². The average Bonchev–Trinajstić information content (AvgIpc) is 3.28. The summed E-state index contributed by atoms with van der Waals surface area (Å²) in [6.45, 7) is 3.13. The number of rotatable bonds is 4. The molecule has 0 saturated carbocycles. The minimum absolute atomic E-state index is 0.174. The van der Waals surface area contributed by atoms with Gasteiger partial charge >= 0.3 is 0 Å². The molecule has 0 spiro atoms. The number of fused-ring (bicyclic) bond motifs is 3. The zero-order valence-corrected chi connectivity index (χ0v) is 12.9. The zero-order chi connectivity index (χ0) is 16.0. The maximum atomic E-state index is 12.5. The number of hydrogen-bond acceptors (Lipinski definition) is 5. The van der Waals surface area contributed by atoms with E-state index in [1.165, 1.54) is 17.4 Å². The summed E-state index contributed by atoms with van der Waals surface area (Å²) < 4.78 is 5.38. The Hall–Kier alpha value is -2.41. The highest BCUT2D eigenvalue weighted by atomic mass is 16.3. The molecule has 1 N–H and O–H groups in total. The quantitative estimate of drug-likeness (QED) is 0.847. The Bertz CT molecular complexity index is 772. The molecule has 0 aromatic carbocycles. The van der Waals surface area contributed by atoms with E-state index in [0.29, 0.717) is 34.7 Å². The van der Waals surface area contributed by atoms with E-state index in [9.17, 15) is 9.59 Å². The molecule has 2 fully saturated rings. The molecular weight excluding hydrogens is 296 g/mol. The molecule has 3 unspecified atom stereocenters. The lowest BCUT2D eigenvalue weighted by Crippen LogP contribution is -2.43. The van der Waals surface area contributed by atoms with Gasteiger partial charge < -0.3 is 19.5 Å².